The van der Waals surface area contributed by atoms with Gasteiger partial charge in [-0.25, -0.2) is 4.79 Å². The molecule has 0 saturated heterocycles. The summed E-state index contributed by atoms with van der Waals surface area (Å²) >= 11 is 1.41. The highest BCUT2D eigenvalue weighted by Crippen LogP contribution is 2.15. The monoisotopic (exact) mass is 307 g/mol. The SMILES string of the molecule is Cn1sccc1=O.O=C(O)CC(O)(CC(=O)O)C(=O)O. The molecule has 9 nitrogen and oxygen atoms in total. The van der Waals surface area contributed by atoms with Gasteiger partial charge < -0.3 is 20.4 Å². The molecule has 0 saturated carbocycles. The zero-order valence-electron chi connectivity index (χ0n) is 10.3. The van der Waals surface area contributed by atoms with Gasteiger partial charge in [-0.1, -0.05) is 11.5 Å². The molecule has 0 amide bonds. The maximum Gasteiger partial charge on any atom is 0.336 e. The highest BCUT2D eigenvalue weighted by Gasteiger charge is 2.40. The van der Waals surface area contributed by atoms with E-state index < -0.39 is 36.4 Å². The van der Waals surface area contributed by atoms with E-state index in [9.17, 15) is 19.2 Å². The number of hydrogen-bond donors (Lipinski definition) is 4. The topological polar surface area (TPSA) is 154 Å². The second-order valence-electron chi connectivity index (χ2n) is 3.72. The molecule has 0 unspecified atom stereocenters. The van der Waals surface area contributed by atoms with Crippen molar-refractivity contribution in [2.24, 2.45) is 7.05 Å². The van der Waals surface area contributed by atoms with E-state index in [-0.39, 0.29) is 5.56 Å². The third-order valence-corrected chi connectivity index (χ3v) is 2.78. The van der Waals surface area contributed by atoms with Crippen LogP contribution in [0.25, 0.3) is 0 Å². The Morgan fingerprint density at radius 1 is 1.20 bits per heavy atom. The maximum atomic E-state index is 10.4. The first-order valence-corrected chi connectivity index (χ1v) is 5.92. The van der Waals surface area contributed by atoms with Crippen LogP contribution < -0.4 is 5.56 Å². The average molecular weight is 307 g/mol. The van der Waals surface area contributed by atoms with Crippen LogP contribution in [0.3, 0.4) is 0 Å². The van der Waals surface area contributed by atoms with Crippen LogP contribution in [0.2, 0.25) is 0 Å². The molecule has 112 valence electrons. The van der Waals surface area contributed by atoms with Crippen LogP contribution in [0.1, 0.15) is 12.8 Å². The zero-order chi connectivity index (χ0) is 15.9. The molecule has 0 spiro atoms. The van der Waals surface area contributed by atoms with Crippen molar-refractivity contribution in [1.29, 1.82) is 0 Å². The molecule has 4 N–H and O–H groups in total. The molecular formula is C10H13NO8S. The van der Waals surface area contributed by atoms with Gasteiger partial charge in [0.05, 0.1) is 12.8 Å². The third-order valence-electron chi connectivity index (χ3n) is 2.03. The van der Waals surface area contributed by atoms with Crippen LogP contribution in [-0.4, -0.2) is 47.9 Å². The summed E-state index contributed by atoms with van der Waals surface area (Å²) in [6, 6.07) is 1.55. The standard InChI is InChI=1S/C6H8O7.C4H5NOS/c7-3(8)1-6(13,5(11)12)2-4(9)10;1-5-4(6)2-3-7-5/h13H,1-2H2,(H,7,8)(H,9,10)(H,11,12);2-3H,1H3. The molecule has 10 heteroatoms. The van der Waals surface area contributed by atoms with Gasteiger partial charge in [-0.2, -0.15) is 0 Å². The fraction of sp³-hybridized carbons (Fsp3) is 0.400. The summed E-state index contributed by atoms with van der Waals surface area (Å²) in [6.45, 7) is 0. The third kappa shape index (κ3) is 6.11. The second kappa shape index (κ2) is 7.40. The minimum Gasteiger partial charge on any atom is -0.481 e. The predicted octanol–water partition coefficient (Wildman–Crippen LogP) is -0.802. The van der Waals surface area contributed by atoms with Crippen LogP contribution in [-0.2, 0) is 21.4 Å². The molecule has 1 aromatic heterocycles. The van der Waals surface area contributed by atoms with E-state index >= 15 is 0 Å². The molecule has 0 aliphatic rings. The molecule has 0 aromatic carbocycles. The quantitative estimate of drug-likeness (QED) is 0.551. The summed E-state index contributed by atoms with van der Waals surface area (Å²) < 4.78 is 1.57. The van der Waals surface area contributed by atoms with Crippen molar-refractivity contribution in [3.63, 3.8) is 0 Å². The Bertz CT molecular complexity index is 529. The van der Waals surface area contributed by atoms with Crippen LogP contribution in [0, 0.1) is 0 Å². The van der Waals surface area contributed by atoms with Crippen LogP contribution in [0.4, 0.5) is 0 Å². The van der Waals surface area contributed by atoms with Crippen molar-refractivity contribution in [2.45, 2.75) is 18.4 Å². The second-order valence-corrected chi connectivity index (χ2v) is 4.75. The van der Waals surface area contributed by atoms with Crippen molar-refractivity contribution in [3.05, 3.63) is 21.8 Å². The van der Waals surface area contributed by atoms with Gasteiger partial charge in [-0.15, -0.1) is 0 Å². The lowest BCUT2D eigenvalue weighted by Crippen LogP contribution is -2.42. The number of nitrogens with zero attached hydrogens (tertiary/aromatic N) is 1. The number of carboxylic acid groups (broad SMARTS) is 3. The van der Waals surface area contributed by atoms with Gasteiger partial charge in [-0.05, 0) is 0 Å². The molecule has 1 rings (SSSR count). The molecule has 0 bridgehead atoms. The Kier molecular flexibility index (Phi) is 6.59. The van der Waals surface area contributed by atoms with Crippen molar-refractivity contribution in [2.75, 3.05) is 0 Å². The summed E-state index contributed by atoms with van der Waals surface area (Å²) in [5, 5.41) is 35.6. The van der Waals surface area contributed by atoms with Gasteiger partial charge in [0.1, 0.15) is 0 Å². The minimum atomic E-state index is -2.74. The molecular weight excluding hydrogens is 294 g/mol. The normalized spacial score (nSPS) is 10.3. The summed E-state index contributed by atoms with van der Waals surface area (Å²) in [5.41, 5.74) is -2.66. The first-order valence-electron chi connectivity index (χ1n) is 5.09. The van der Waals surface area contributed by atoms with Crippen LogP contribution in [0.5, 0.6) is 0 Å². The molecule has 1 aromatic rings. The van der Waals surface area contributed by atoms with E-state index in [2.05, 4.69) is 0 Å². The smallest absolute Gasteiger partial charge is 0.336 e. The van der Waals surface area contributed by atoms with E-state index in [1.165, 1.54) is 11.5 Å². The zero-order valence-corrected chi connectivity index (χ0v) is 11.2. The molecule has 1 heterocycles. The number of aliphatic carboxylic acids is 3. The molecule has 0 aliphatic carbocycles. The summed E-state index contributed by atoms with van der Waals surface area (Å²) in [7, 11) is 1.74. The Hall–Kier alpha value is -2.20. The predicted molar refractivity (Wildman–Crippen MR) is 66.7 cm³/mol. The van der Waals surface area contributed by atoms with E-state index in [0.717, 1.165) is 0 Å². The highest BCUT2D eigenvalue weighted by atomic mass is 32.1. The molecule has 0 atom stereocenters. The summed E-state index contributed by atoms with van der Waals surface area (Å²) in [5.74, 6) is -5.02. The number of carboxylic acids is 3. The van der Waals surface area contributed by atoms with Crippen LogP contribution >= 0.6 is 11.5 Å². The summed E-state index contributed by atoms with van der Waals surface area (Å²) in [4.78, 5) is 40.9. The molecule has 0 fully saturated rings. The molecule has 20 heavy (non-hydrogen) atoms. The Labute approximate surface area is 116 Å². The number of hydrogen-bond acceptors (Lipinski definition) is 6. The Morgan fingerprint density at radius 3 is 1.80 bits per heavy atom. The first kappa shape index (κ1) is 17.8. The van der Waals surface area contributed by atoms with Crippen molar-refractivity contribution in [3.8, 4) is 0 Å². The molecule has 0 aliphatic heterocycles. The van der Waals surface area contributed by atoms with E-state index in [4.69, 9.17) is 20.4 Å². The van der Waals surface area contributed by atoms with E-state index in [1.54, 1.807) is 22.5 Å². The fourth-order valence-electron chi connectivity index (χ4n) is 1.05. The molecule has 0 radical (unpaired) electrons. The minimum absolute atomic E-state index is 0.0741. The lowest BCUT2D eigenvalue weighted by Gasteiger charge is -2.18. The van der Waals surface area contributed by atoms with Crippen LogP contribution in [0.15, 0.2) is 16.2 Å². The van der Waals surface area contributed by atoms with E-state index in [1.807, 2.05) is 0 Å². The van der Waals surface area contributed by atoms with E-state index in [0.29, 0.717) is 0 Å². The Morgan fingerprint density at radius 2 is 1.65 bits per heavy atom. The van der Waals surface area contributed by atoms with Crippen molar-refractivity contribution < 1.29 is 34.8 Å². The van der Waals surface area contributed by atoms with Gasteiger partial charge in [0.25, 0.3) is 5.56 Å². The maximum absolute atomic E-state index is 10.4. The summed E-state index contributed by atoms with van der Waals surface area (Å²) in [6.07, 6.45) is -2.29. The number of rotatable bonds is 5. The van der Waals surface area contributed by atoms with Crippen molar-refractivity contribution >= 4 is 29.4 Å². The fourth-order valence-corrected chi connectivity index (χ4v) is 1.58. The number of carbonyl (C=O) groups is 3. The van der Waals surface area contributed by atoms with Gasteiger partial charge in [0.2, 0.25) is 0 Å². The first-order chi connectivity index (χ1) is 9.08. The van der Waals surface area contributed by atoms with Crippen molar-refractivity contribution in [1.82, 2.24) is 3.96 Å². The number of aryl methyl sites for hydroxylation is 1. The Balaban J connectivity index is 0.000000428. The van der Waals surface area contributed by atoms with Gasteiger partial charge in [-0.3, -0.25) is 18.3 Å². The largest absolute Gasteiger partial charge is 0.481 e. The average Bonchev–Trinajstić information content (AvgIpc) is 2.61. The van der Waals surface area contributed by atoms with Gasteiger partial charge in [0.15, 0.2) is 5.60 Å². The van der Waals surface area contributed by atoms with Gasteiger partial charge >= 0.3 is 17.9 Å². The highest BCUT2D eigenvalue weighted by molar-refractivity contribution is 7.04. The number of aliphatic hydroxyl groups is 1. The lowest BCUT2D eigenvalue weighted by atomic mass is 9.96. The van der Waals surface area contributed by atoms with Gasteiger partial charge in [0, 0.05) is 18.5 Å². The lowest BCUT2D eigenvalue weighted by molar-refractivity contribution is -0.170. The number of aromatic nitrogens is 1.